The Hall–Kier alpha value is -2.32. The summed E-state index contributed by atoms with van der Waals surface area (Å²) in [6, 6.07) is 17.0. The van der Waals surface area contributed by atoms with Gasteiger partial charge in [0.05, 0.1) is 20.6 Å². The molecule has 0 radical (unpaired) electrons. The third-order valence-corrected chi connectivity index (χ3v) is 6.97. The highest BCUT2D eigenvalue weighted by molar-refractivity contribution is 9.10. The summed E-state index contributed by atoms with van der Waals surface area (Å²) in [5.74, 6) is -0.131. The number of amidine groups is 1. The van der Waals surface area contributed by atoms with Crippen molar-refractivity contribution in [2.24, 2.45) is 4.99 Å². The molecule has 0 aromatic heterocycles. The Bertz CT molecular complexity index is 1260. The van der Waals surface area contributed by atoms with Crippen LogP contribution in [0.4, 0.5) is 10.1 Å². The first-order chi connectivity index (χ1) is 16.3. The van der Waals surface area contributed by atoms with Crippen LogP contribution in [0.15, 0.2) is 75.0 Å². The molecule has 1 aliphatic rings. The summed E-state index contributed by atoms with van der Waals surface area (Å²) in [5.41, 5.74) is 2.21. The van der Waals surface area contributed by atoms with Gasteiger partial charge < -0.3 is 4.74 Å². The predicted molar refractivity (Wildman–Crippen MR) is 141 cm³/mol. The Morgan fingerprint density at radius 2 is 1.74 bits per heavy atom. The van der Waals surface area contributed by atoms with Crippen LogP contribution in [0.1, 0.15) is 18.1 Å². The topological polar surface area (TPSA) is 41.9 Å². The highest BCUT2D eigenvalue weighted by atomic mass is 79.9. The predicted octanol–water partition coefficient (Wildman–Crippen LogP) is 8.10. The Labute approximate surface area is 219 Å². The number of likely N-dealkylation sites (N-methyl/N-ethyl adjacent to an activating group) is 1. The first-order valence-electron chi connectivity index (χ1n) is 10.3. The van der Waals surface area contributed by atoms with Crippen molar-refractivity contribution in [1.29, 1.82) is 0 Å². The zero-order chi connectivity index (χ0) is 24.2. The first kappa shape index (κ1) is 24.8. The minimum absolute atomic E-state index is 0.170. The molecule has 4 nitrogen and oxygen atoms in total. The minimum atomic E-state index is -0.343. The van der Waals surface area contributed by atoms with E-state index in [4.69, 9.17) is 27.9 Å². The van der Waals surface area contributed by atoms with E-state index in [-0.39, 0.29) is 11.7 Å². The van der Waals surface area contributed by atoms with E-state index in [9.17, 15) is 9.18 Å². The van der Waals surface area contributed by atoms with Gasteiger partial charge >= 0.3 is 0 Å². The molecule has 1 aliphatic heterocycles. The second-order valence-corrected chi connectivity index (χ2v) is 10.00. The molecule has 0 unspecified atom stereocenters. The number of aliphatic imine (C=N–C) groups is 1. The van der Waals surface area contributed by atoms with Crippen LogP contribution in [0.25, 0.3) is 6.08 Å². The minimum Gasteiger partial charge on any atom is -0.486 e. The van der Waals surface area contributed by atoms with Crippen molar-refractivity contribution in [1.82, 2.24) is 4.90 Å². The average molecular weight is 580 g/mol. The van der Waals surface area contributed by atoms with Gasteiger partial charge in [-0.2, -0.15) is 0 Å². The summed E-state index contributed by atoms with van der Waals surface area (Å²) in [6.45, 7) is 2.64. The van der Waals surface area contributed by atoms with Gasteiger partial charge in [-0.1, -0.05) is 51.3 Å². The van der Waals surface area contributed by atoms with Gasteiger partial charge in [0.25, 0.3) is 5.91 Å². The molecule has 0 N–H and O–H groups in total. The van der Waals surface area contributed by atoms with Crippen LogP contribution in [0, 0.1) is 5.82 Å². The maximum absolute atomic E-state index is 13.2. The third kappa shape index (κ3) is 5.84. The Kier molecular flexibility index (Phi) is 7.99. The molecule has 0 spiro atoms. The molecule has 1 saturated heterocycles. The highest BCUT2D eigenvalue weighted by Gasteiger charge is 2.32. The van der Waals surface area contributed by atoms with Crippen molar-refractivity contribution in [2.75, 3.05) is 6.54 Å². The lowest BCUT2D eigenvalue weighted by Crippen LogP contribution is -2.28. The van der Waals surface area contributed by atoms with E-state index in [2.05, 4.69) is 20.9 Å². The number of amides is 1. The van der Waals surface area contributed by atoms with Crippen LogP contribution in [0.5, 0.6) is 5.75 Å². The van der Waals surface area contributed by atoms with E-state index in [0.717, 1.165) is 10.0 Å². The van der Waals surface area contributed by atoms with Crippen molar-refractivity contribution in [3.05, 3.63) is 97.0 Å². The van der Waals surface area contributed by atoms with Gasteiger partial charge in [0, 0.05) is 11.0 Å². The van der Waals surface area contributed by atoms with Gasteiger partial charge in [0.1, 0.15) is 12.4 Å². The summed E-state index contributed by atoms with van der Waals surface area (Å²) < 4.78 is 20.0. The standard InChI is InChI=1S/C25H18BrCl2FN2O2S/c1-2-31-24(32)22(34-25(31)30-19-9-7-18(29)8-10-19)13-16-11-20(27)23(21(28)12-16)33-14-15-3-5-17(26)6-4-15/h3-13H,2,14H2,1H3/b22-13+,30-25?. The zero-order valence-corrected chi connectivity index (χ0v) is 21.8. The summed E-state index contributed by atoms with van der Waals surface area (Å²) in [5, 5.41) is 1.22. The van der Waals surface area contributed by atoms with Crippen molar-refractivity contribution >= 4 is 73.7 Å². The fourth-order valence-electron chi connectivity index (χ4n) is 3.18. The molecule has 1 fully saturated rings. The van der Waals surface area contributed by atoms with Gasteiger partial charge in [-0.05, 0) is 84.4 Å². The van der Waals surface area contributed by atoms with Crippen LogP contribution in [-0.4, -0.2) is 22.5 Å². The van der Waals surface area contributed by atoms with Crippen molar-refractivity contribution < 1.29 is 13.9 Å². The number of benzene rings is 3. The van der Waals surface area contributed by atoms with Gasteiger partial charge in [-0.3, -0.25) is 9.69 Å². The van der Waals surface area contributed by atoms with E-state index in [1.807, 2.05) is 31.2 Å². The first-order valence-corrected chi connectivity index (χ1v) is 12.6. The number of nitrogens with zero attached hydrogens (tertiary/aromatic N) is 2. The number of ether oxygens (including phenoxy) is 1. The summed E-state index contributed by atoms with van der Waals surface area (Å²) in [4.78, 5) is 19.5. The van der Waals surface area contributed by atoms with Crippen LogP contribution in [0.2, 0.25) is 10.0 Å². The van der Waals surface area contributed by atoms with E-state index in [1.165, 1.54) is 23.9 Å². The van der Waals surface area contributed by atoms with Gasteiger partial charge in [-0.15, -0.1) is 0 Å². The normalized spacial score (nSPS) is 16.0. The second-order valence-electron chi connectivity index (χ2n) is 7.26. The van der Waals surface area contributed by atoms with E-state index in [1.54, 1.807) is 35.2 Å². The SMILES string of the molecule is CCN1C(=O)/C(=C\c2cc(Cl)c(OCc3ccc(Br)cc3)c(Cl)c2)SC1=Nc1ccc(F)cc1. The maximum Gasteiger partial charge on any atom is 0.266 e. The van der Waals surface area contributed by atoms with Crippen LogP contribution in [0.3, 0.4) is 0 Å². The largest absolute Gasteiger partial charge is 0.486 e. The monoisotopic (exact) mass is 578 g/mol. The highest BCUT2D eigenvalue weighted by Crippen LogP contribution is 2.38. The molecule has 9 heteroatoms. The lowest BCUT2D eigenvalue weighted by Gasteiger charge is -2.12. The molecule has 0 aliphatic carbocycles. The lowest BCUT2D eigenvalue weighted by atomic mass is 10.2. The molecule has 34 heavy (non-hydrogen) atoms. The van der Waals surface area contributed by atoms with E-state index < -0.39 is 0 Å². The number of carbonyl (C=O) groups excluding carboxylic acids is 1. The van der Waals surface area contributed by atoms with Crippen molar-refractivity contribution in [3.8, 4) is 5.75 Å². The van der Waals surface area contributed by atoms with Gasteiger partial charge in [0.15, 0.2) is 10.9 Å². The van der Waals surface area contributed by atoms with Crippen LogP contribution >= 0.6 is 50.9 Å². The molecule has 3 aromatic carbocycles. The molecule has 174 valence electrons. The molecule has 0 saturated carbocycles. The van der Waals surface area contributed by atoms with Crippen molar-refractivity contribution in [3.63, 3.8) is 0 Å². The summed E-state index contributed by atoms with van der Waals surface area (Å²) >= 11 is 17.5. The molecule has 1 amide bonds. The lowest BCUT2D eigenvalue weighted by molar-refractivity contribution is -0.122. The quantitative estimate of drug-likeness (QED) is 0.277. The number of carbonyl (C=O) groups is 1. The van der Waals surface area contributed by atoms with Crippen molar-refractivity contribution in [2.45, 2.75) is 13.5 Å². The Balaban J connectivity index is 1.55. The second kappa shape index (κ2) is 11.0. The Morgan fingerprint density at radius 1 is 1.09 bits per heavy atom. The molecule has 0 bridgehead atoms. The number of halogens is 4. The average Bonchev–Trinajstić information content (AvgIpc) is 3.09. The molecule has 3 aromatic rings. The molecule has 4 rings (SSSR count). The van der Waals surface area contributed by atoms with Crippen LogP contribution in [-0.2, 0) is 11.4 Å². The number of hydrogen-bond donors (Lipinski definition) is 0. The van der Waals surface area contributed by atoms with Crippen LogP contribution < -0.4 is 4.74 Å². The van der Waals surface area contributed by atoms with Gasteiger partial charge in [0.2, 0.25) is 0 Å². The maximum atomic E-state index is 13.2. The molecule has 0 atom stereocenters. The summed E-state index contributed by atoms with van der Waals surface area (Å²) in [6.07, 6.45) is 1.72. The smallest absolute Gasteiger partial charge is 0.266 e. The molecule has 1 heterocycles. The number of thioether (sulfide) groups is 1. The fourth-order valence-corrected chi connectivity index (χ4v) is 5.12. The molecular weight excluding hydrogens is 562 g/mol. The fraction of sp³-hybridized carbons (Fsp3) is 0.120. The third-order valence-electron chi connectivity index (χ3n) is 4.87. The molecular formula is C25H18BrCl2FN2O2S. The van der Waals surface area contributed by atoms with Gasteiger partial charge in [-0.25, -0.2) is 9.38 Å². The number of hydrogen-bond acceptors (Lipinski definition) is 4. The zero-order valence-electron chi connectivity index (χ0n) is 17.9. The van der Waals surface area contributed by atoms with E-state index in [0.29, 0.717) is 50.3 Å². The number of rotatable bonds is 6. The summed E-state index contributed by atoms with van der Waals surface area (Å²) in [7, 11) is 0. The Morgan fingerprint density at radius 3 is 2.35 bits per heavy atom. The van der Waals surface area contributed by atoms with E-state index >= 15 is 0 Å².